The molecular formula is C25H28N4O6S. The third kappa shape index (κ3) is 6.42. The number of carbonyl (C=O) groups excluding carboxylic acids is 2. The molecule has 1 aromatic heterocycles. The quantitative estimate of drug-likeness (QED) is 0.302. The number of carbonyl (C=O) groups is 3. The highest BCUT2D eigenvalue weighted by atomic mass is 32.2. The molecule has 1 heterocycles. The Hall–Kier alpha value is -3.86. The molecule has 3 unspecified atom stereocenters. The molecule has 0 spiro atoms. The molecule has 0 aliphatic carbocycles. The molecule has 0 radical (unpaired) electrons. The van der Waals surface area contributed by atoms with E-state index >= 15 is 0 Å². The molecule has 3 rings (SSSR count). The van der Waals surface area contributed by atoms with Crippen molar-refractivity contribution in [2.75, 3.05) is 12.0 Å². The minimum Gasteiger partial charge on any atom is -0.480 e. The smallest absolute Gasteiger partial charge is 0.329 e. The van der Waals surface area contributed by atoms with Gasteiger partial charge in [-0.05, 0) is 43.0 Å². The number of H-pyrrole nitrogens is 1. The summed E-state index contributed by atoms with van der Waals surface area (Å²) >= 11 is 1.46. The summed E-state index contributed by atoms with van der Waals surface area (Å²) in [6.45, 7) is 1.32. The van der Waals surface area contributed by atoms with E-state index < -0.39 is 47.2 Å². The van der Waals surface area contributed by atoms with Crippen LogP contribution in [0.15, 0.2) is 64.2 Å². The van der Waals surface area contributed by atoms with E-state index in [-0.39, 0.29) is 18.2 Å². The summed E-state index contributed by atoms with van der Waals surface area (Å²) in [4.78, 5) is 66.5. The molecule has 3 atom stereocenters. The number of carboxylic acids is 1. The van der Waals surface area contributed by atoms with Crippen LogP contribution in [0, 0.1) is 0 Å². The van der Waals surface area contributed by atoms with Crippen LogP contribution in [0.25, 0.3) is 10.9 Å². The van der Waals surface area contributed by atoms with Gasteiger partial charge in [-0.25, -0.2) is 9.36 Å². The van der Waals surface area contributed by atoms with Crippen molar-refractivity contribution in [3.8, 4) is 0 Å². The van der Waals surface area contributed by atoms with Gasteiger partial charge in [0.05, 0.1) is 10.9 Å². The van der Waals surface area contributed by atoms with E-state index in [0.717, 1.165) is 4.57 Å². The minimum atomic E-state index is -1.25. The second kappa shape index (κ2) is 12.2. The van der Waals surface area contributed by atoms with Crippen LogP contribution in [0.4, 0.5) is 0 Å². The van der Waals surface area contributed by atoms with Crippen molar-refractivity contribution in [3.63, 3.8) is 0 Å². The number of amides is 2. The first-order valence-corrected chi connectivity index (χ1v) is 12.7. The van der Waals surface area contributed by atoms with Crippen molar-refractivity contribution >= 4 is 40.4 Å². The molecule has 3 aromatic rings. The summed E-state index contributed by atoms with van der Waals surface area (Å²) in [5.41, 5.74) is -0.321. The van der Waals surface area contributed by atoms with Crippen molar-refractivity contribution in [2.45, 2.75) is 37.9 Å². The fourth-order valence-corrected chi connectivity index (χ4v) is 4.22. The normalized spacial score (nSPS) is 13.5. The fraction of sp³-hybridized carbons (Fsp3) is 0.320. The van der Waals surface area contributed by atoms with Gasteiger partial charge in [-0.15, -0.1) is 0 Å². The van der Waals surface area contributed by atoms with Gasteiger partial charge >= 0.3 is 11.7 Å². The minimum absolute atomic E-state index is 0.0242. The molecule has 36 heavy (non-hydrogen) atoms. The number of fused-ring (bicyclic) bond motifs is 1. The number of aromatic nitrogens is 2. The zero-order valence-electron chi connectivity index (χ0n) is 19.9. The Labute approximate surface area is 211 Å². The summed E-state index contributed by atoms with van der Waals surface area (Å²) < 4.78 is 0.869. The monoisotopic (exact) mass is 512 g/mol. The molecule has 190 valence electrons. The molecule has 0 aliphatic heterocycles. The number of para-hydroxylation sites is 1. The third-order valence-corrected chi connectivity index (χ3v) is 6.34. The Balaban J connectivity index is 2.01. The zero-order valence-corrected chi connectivity index (χ0v) is 20.7. The van der Waals surface area contributed by atoms with Gasteiger partial charge in [0.1, 0.15) is 18.1 Å². The van der Waals surface area contributed by atoms with Gasteiger partial charge in [0.2, 0.25) is 11.8 Å². The van der Waals surface area contributed by atoms with Crippen molar-refractivity contribution in [2.24, 2.45) is 0 Å². The van der Waals surface area contributed by atoms with E-state index in [4.69, 9.17) is 5.11 Å². The van der Waals surface area contributed by atoms with Crippen molar-refractivity contribution in [1.29, 1.82) is 0 Å². The molecule has 2 amide bonds. The second-order valence-corrected chi connectivity index (χ2v) is 9.25. The lowest BCUT2D eigenvalue weighted by Gasteiger charge is -2.24. The lowest BCUT2D eigenvalue weighted by Crippen LogP contribution is -2.54. The van der Waals surface area contributed by atoms with Crippen LogP contribution < -0.4 is 21.9 Å². The molecule has 10 nitrogen and oxygen atoms in total. The molecule has 0 saturated carbocycles. The number of hydrogen-bond acceptors (Lipinski definition) is 6. The van der Waals surface area contributed by atoms with Crippen LogP contribution in [0.3, 0.4) is 0 Å². The predicted octanol–water partition coefficient (Wildman–Crippen LogP) is 1.30. The number of carboxylic acid groups (broad SMARTS) is 1. The van der Waals surface area contributed by atoms with Gasteiger partial charge in [0, 0.05) is 6.42 Å². The number of rotatable bonds is 11. The van der Waals surface area contributed by atoms with Crippen LogP contribution in [-0.4, -0.2) is 56.5 Å². The number of nitrogens with zero attached hydrogens (tertiary/aromatic N) is 1. The molecule has 2 aromatic carbocycles. The number of nitrogens with one attached hydrogen (secondary N) is 3. The topological polar surface area (TPSA) is 150 Å². The van der Waals surface area contributed by atoms with E-state index in [1.54, 1.807) is 54.6 Å². The van der Waals surface area contributed by atoms with Gasteiger partial charge in [-0.3, -0.25) is 19.2 Å². The maximum absolute atomic E-state index is 13.6. The third-order valence-electron chi connectivity index (χ3n) is 5.70. The summed E-state index contributed by atoms with van der Waals surface area (Å²) in [5.74, 6) is -2.06. The zero-order chi connectivity index (χ0) is 26.2. The molecule has 0 fully saturated rings. The first kappa shape index (κ1) is 26.7. The SMILES string of the molecule is CSCCC(NC(=O)C(Cc1ccccc1)n1c(=O)[nH]c2ccccc2c1=O)C(=O)NC(C)C(=O)O. The van der Waals surface area contributed by atoms with Crippen molar-refractivity contribution < 1.29 is 19.5 Å². The van der Waals surface area contributed by atoms with E-state index in [1.807, 2.05) is 6.26 Å². The van der Waals surface area contributed by atoms with E-state index in [0.29, 0.717) is 16.8 Å². The van der Waals surface area contributed by atoms with E-state index in [2.05, 4.69) is 15.6 Å². The average Bonchev–Trinajstić information content (AvgIpc) is 2.86. The molecular weight excluding hydrogens is 484 g/mol. The molecule has 0 aliphatic rings. The lowest BCUT2D eigenvalue weighted by atomic mass is 10.0. The molecule has 0 saturated heterocycles. The highest BCUT2D eigenvalue weighted by molar-refractivity contribution is 7.98. The Morgan fingerprint density at radius 1 is 1.00 bits per heavy atom. The fourth-order valence-electron chi connectivity index (χ4n) is 3.75. The maximum Gasteiger partial charge on any atom is 0.329 e. The molecule has 0 bridgehead atoms. The highest BCUT2D eigenvalue weighted by Crippen LogP contribution is 2.15. The molecule has 11 heteroatoms. The number of aliphatic carboxylic acids is 1. The van der Waals surface area contributed by atoms with Crippen molar-refractivity contribution in [3.05, 3.63) is 81.0 Å². The maximum atomic E-state index is 13.6. The number of aromatic amines is 1. The molecule has 4 N–H and O–H groups in total. The van der Waals surface area contributed by atoms with Gasteiger partial charge in [-0.2, -0.15) is 11.8 Å². The van der Waals surface area contributed by atoms with Gasteiger partial charge < -0.3 is 20.7 Å². The Kier molecular flexibility index (Phi) is 9.07. The largest absolute Gasteiger partial charge is 0.480 e. The average molecular weight is 513 g/mol. The van der Waals surface area contributed by atoms with Crippen LogP contribution in [0.2, 0.25) is 0 Å². The van der Waals surface area contributed by atoms with Gasteiger partial charge in [0.15, 0.2) is 0 Å². The van der Waals surface area contributed by atoms with E-state index in [9.17, 15) is 24.0 Å². The van der Waals surface area contributed by atoms with E-state index in [1.165, 1.54) is 18.7 Å². The summed E-state index contributed by atoms with van der Waals surface area (Å²) in [5, 5.41) is 14.4. The number of hydrogen-bond donors (Lipinski definition) is 4. The first-order valence-electron chi connectivity index (χ1n) is 11.3. The van der Waals surface area contributed by atoms with Gasteiger partial charge in [-0.1, -0.05) is 42.5 Å². The van der Waals surface area contributed by atoms with Gasteiger partial charge in [0.25, 0.3) is 5.56 Å². The van der Waals surface area contributed by atoms with Crippen LogP contribution in [0.1, 0.15) is 24.9 Å². The van der Waals surface area contributed by atoms with Crippen LogP contribution >= 0.6 is 11.8 Å². The lowest BCUT2D eigenvalue weighted by molar-refractivity contribution is -0.141. The summed E-state index contributed by atoms with van der Waals surface area (Å²) in [7, 11) is 0. The summed E-state index contributed by atoms with van der Waals surface area (Å²) in [6.07, 6.45) is 2.09. The Morgan fingerprint density at radius 3 is 2.33 bits per heavy atom. The van der Waals surface area contributed by atoms with Crippen LogP contribution in [-0.2, 0) is 20.8 Å². The number of thioether (sulfide) groups is 1. The summed E-state index contributed by atoms with van der Waals surface area (Å²) in [6, 6.07) is 11.9. The predicted molar refractivity (Wildman–Crippen MR) is 138 cm³/mol. The highest BCUT2D eigenvalue weighted by Gasteiger charge is 2.30. The second-order valence-electron chi connectivity index (χ2n) is 8.27. The van der Waals surface area contributed by atoms with Crippen LogP contribution in [0.5, 0.6) is 0 Å². The first-order chi connectivity index (χ1) is 17.2. The number of benzene rings is 2. The standard InChI is InChI=1S/C25H28N4O6S/c1-15(24(33)34)26-21(30)19(12-13-36-2)27-22(31)20(14-16-8-4-3-5-9-16)29-23(32)17-10-6-7-11-18(17)28-25(29)35/h3-11,15,19-20H,12-14H2,1-2H3,(H,26,30)(H,27,31)(H,28,35)(H,33,34). The Morgan fingerprint density at radius 2 is 1.67 bits per heavy atom. The van der Waals surface area contributed by atoms with Crippen molar-refractivity contribution in [1.82, 2.24) is 20.2 Å². The Bertz CT molecular complexity index is 1350.